The van der Waals surface area contributed by atoms with E-state index in [1.54, 1.807) is 29.3 Å². The number of benzene rings is 1. The number of rotatable bonds is 6. The minimum atomic E-state index is -1.48. The number of pyridine rings is 1. The van der Waals surface area contributed by atoms with Crippen molar-refractivity contribution >= 4 is 5.91 Å². The fourth-order valence-corrected chi connectivity index (χ4v) is 3.99. The minimum Gasteiger partial charge on any atom is -0.493 e. The fraction of sp³-hybridized carbons (Fsp3) is 0.478. The highest BCUT2D eigenvalue weighted by Crippen LogP contribution is 2.42. The molecule has 2 aromatic rings. The van der Waals surface area contributed by atoms with Gasteiger partial charge in [-0.05, 0) is 44.2 Å². The van der Waals surface area contributed by atoms with E-state index in [1.165, 1.54) is 21.0 Å². The third-order valence-electron chi connectivity index (χ3n) is 5.61. The molecule has 0 radical (unpaired) electrons. The Hall–Kier alpha value is -2.71. The molecule has 3 heterocycles. The number of fused-ring (bicyclic) bond motifs is 1. The number of carbonyl (C=O) groups excluding carboxylic acids is 1. The van der Waals surface area contributed by atoms with Crippen molar-refractivity contribution in [1.82, 2.24) is 9.88 Å². The Balaban J connectivity index is 1.49. The van der Waals surface area contributed by atoms with Crippen LogP contribution in [0.25, 0.3) is 0 Å². The van der Waals surface area contributed by atoms with E-state index in [4.69, 9.17) is 18.9 Å². The van der Waals surface area contributed by atoms with Crippen LogP contribution in [0, 0.1) is 0 Å². The Bertz CT molecular complexity index is 933. The summed E-state index contributed by atoms with van der Waals surface area (Å²) in [5.74, 6) is 0.640. The molecule has 2 aliphatic heterocycles. The second kappa shape index (κ2) is 8.43. The number of nitrogens with zero attached hydrogens (tertiary/aromatic N) is 2. The second-order valence-corrected chi connectivity index (χ2v) is 8.40. The smallest absolute Gasteiger partial charge is 0.254 e. The van der Waals surface area contributed by atoms with Crippen LogP contribution in [0.3, 0.4) is 0 Å². The molecule has 1 amide bonds. The summed E-state index contributed by atoms with van der Waals surface area (Å²) >= 11 is 0. The predicted octanol–water partition coefficient (Wildman–Crippen LogP) is 3.33. The zero-order valence-corrected chi connectivity index (χ0v) is 18.0. The van der Waals surface area contributed by atoms with Crippen molar-refractivity contribution in [2.75, 3.05) is 33.6 Å². The van der Waals surface area contributed by atoms with Gasteiger partial charge in [0.1, 0.15) is 30.8 Å². The van der Waals surface area contributed by atoms with E-state index in [-0.39, 0.29) is 25.4 Å². The zero-order chi connectivity index (χ0) is 22.1. The summed E-state index contributed by atoms with van der Waals surface area (Å²) < 4.78 is 36.5. The number of ether oxygens (including phenoxy) is 4. The summed E-state index contributed by atoms with van der Waals surface area (Å²) in [6.07, 6.45) is 2.03. The monoisotopic (exact) mass is 430 g/mol. The van der Waals surface area contributed by atoms with E-state index >= 15 is 0 Å². The van der Waals surface area contributed by atoms with E-state index in [0.29, 0.717) is 36.6 Å². The molecule has 2 saturated heterocycles. The Morgan fingerprint density at radius 1 is 1.32 bits per heavy atom. The Kier molecular flexibility index (Phi) is 5.85. The molecule has 2 atom stereocenters. The molecule has 166 valence electrons. The fourth-order valence-electron chi connectivity index (χ4n) is 3.99. The molecule has 2 unspecified atom stereocenters. The van der Waals surface area contributed by atoms with Crippen molar-refractivity contribution in [1.29, 1.82) is 0 Å². The number of carbonyl (C=O) groups is 1. The van der Waals surface area contributed by atoms with Gasteiger partial charge in [0.25, 0.3) is 5.91 Å². The van der Waals surface area contributed by atoms with Crippen molar-refractivity contribution in [3.05, 3.63) is 53.9 Å². The molecule has 0 saturated carbocycles. The SMILES string of the molecule is COc1cc(C(=O)N2CCC3(c4ccccn4)OCOC3C2)ccc1OCC(C)(C)F. The van der Waals surface area contributed by atoms with Crippen LogP contribution in [0.2, 0.25) is 0 Å². The zero-order valence-electron chi connectivity index (χ0n) is 18.0. The molecule has 1 aromatic carbocycles. The van der Waals surface area contributed by atoms with Crippen LogP contribution in [0.15, 0.2) is 42.6 Å². The van der Waals surface area contributed by atoms with Gasteiger partial charge in [-0.25, -0.2) is 4.39 Å². The normalized spacial score (nSPS) is 23.4. The summed E-state index contributed by atoms with van der Waals surface area (Å²) in [6.45, 7) is 3.84. The number of methoxy groups -OCH3 is 1. The number of likely N-dealkylation sites (tertiary alicyclic amines) is 1. The molecule has 0 N–H and O–H groups in total. The van der Waals surface area contributed by atoms with Crippen LogP contribution in [-0.4, -0.2) is 61.2 Å². The van der Waals surface area contributed by atoms with Crippen molar-refractivity contribution in [3.63, 3.8) is 0 Å². The van der Waals surface area contributed by atoms with E-state index in [1.807, 2.05) is 18.2 Å². The molecule has 4 rings (SSSR count). The average Bonchev–Trinajstić information content (AvgIpc) is 3.21. The van der Waals surface area contributed by atoms with Crippen LogP contribution in [-0.2, 0) is 15.1 Å². The van der Waals surface area contributed by atoms with Crippen molar-refractivity contribution in [2.45, 2.75) is 37.6 Å². The van der Waals surface area contributed by atoms with E-state index < -0.39 is 11.3 Å². The first-order valence-corrected chi connectivity index (χ1v) is 10.3. The van der Waals surface area contributed by atoms with Gasteiger partial charge in [0.15, 0.2) is 11.5 Å². The van der Waals surface area contributed by atoms with Crippen molar-refractivity contribution in [2.24, 2.45) is 0 Å². The number of piperidine rings is 1. The summed E-state index contributed by atoms with van der Waals surface area (Å²) in [6, 6.07) is 10.6. The van der Waals surface area contributed by atoms with Gasteiger partial charge in [0, 0.05) is 24.7 Å². The average molecular weight is 430 g/mol. The molecule has 7 nitrogen and oxygen atoms in total. The van der Waals surface area contributed by atoms with Gasteiger partial charge in [-0.1, -0.05) is 6.07 Å². The largest absolute Gasteiger partial charge is 0.493 e. The maximum absolute atomic E-state index is 13.8. The predicted molar refractivity (Wildman–Crippen MR) is 111 cm³/mol. The molecule has 0 bridgehead atoms. The number of amides is 1. The first-order chi connectivity index (χ1) is 14.8. The van der Waals surface area contributed by atoms with Gasteiger partial charge >= 0.3 is 0 Å². The first kappa shape index (κ1) is 21.5. The van der Waals surface area contributed by atoms with Gasteiger partial charge in [-0.2, -0.15) is 0 Å². The van der Waals surface area contributed by atoms with Gasteiger partial charge in [-0.15, -0.1) is 0 Å². The third kappa shape index (κ3) is 4.36. The Morgan fingerprint density at radius 3 is 2.87 bits per heavy atom. The number of halogens is 1. The van der Waals surface area contributed by atoms with Crippen LogP contribution in [0.1, 0.15) is 36.3 Å². The molecule has 2 aliphatic rings. The van der Waals surface area contributed by atoms with Gasteiger partial charge in [0.2, 0.25) is 0 Å². The number of hydrogen-bond acceptors (Lipinski definition) is 6. The molecule has 0 spiro atoms. The van der Waals surface area contributed by atoms with Crippen molar-refractivity contribution in [3.8, 4) is 11.5 Å². The lowest BCUT2D eigenvalue weighted by atomic mass is 9.85. The third-order valence-corrected chi connectivity index (χ3v) is 5.61. The molecule has 2 fully saturated rings. The number of aromatic nitrogens is 1. The minimum absolute atomic E-state index is 0.114. The van der Waals surface area contributed by atoms with Crippen LogP contribution >= 0.6 is 0 Å². The Labute approximate surface area is 181 Å². The van der Waals surface area contributed by atoms with E-state index in [9.17, 15) is 9.18 Å². The maximum atomic E-state index is 13.8. The lowest BCUT2D eigenvalue weighted by Gasteiger charge is -2.41. The molecule has 1 aromatic heterocycles. The van der Waals surface area contributed by atoms with Crippen LogP contribution < -0.4 is 9.47 Å². The summed E-state index contributed by atoms with van der Waals surface area (Å²) in [4.78, 5) is 19.4. The summed E-state index contributed by atoms with van der Waals surface area (Å²) in [7, 11) is 1.49. The molecule has 0 aliphatic carbocycles. The standard InChI is InChI=1S/C23H27FN2O5/c1-22(2,24)14-29-17-8-7-16(12-18(17)28-3)21(27)26-11-9-23(19-6-4-5-10-25-19)20(13-26)30-15-31-23/h4-8,10,12,20H,9,11,13-15H2,1-3H3. The lowest BCUT2D eigenvalue weighted by molar-refractivity contribution is -0.0470. The quantitative estimate of drug-likeness (QED) is 0.700. The highest BCUT2D eigenvalue weighted by molar-refractivity contribution is 5.95. The van der Waals surface area contributed by atoms with Crippen LogP contribution in [0.4, 0.5) is 4.39 Å². The maximum Gasteiger partial charge on any atom is 0.254 e. The molecular formula is C23H27FN2O5. The number of alkyl halides is 1. The first-order valence-electron chi connectivity index (χ1n) is 10.3. The summed E-state index contributed by atoms with van der Waals surface area (Å²) in [5, 5.41) is 0. The second-order valence-electron chi connectivity index (χ2n) is 8.40. The van der Waals surface area contributed by atoms with Gasteiger partial charge in [0.05, 0.1) is 19.3 Å². The molecule has 31 heavy (non-hydrogen) atoms. The lowest BCUT2D eigenvalue weighted by Crippen LogP contribution is -2.53. The van der Waals surface area contributed by atoms with E-state index in [2.05, 4.69) is 4.98 Å². The van der Waals surface area contributed by atoms with Crippen molar-refractivity contribution < 1.29 is 28.1 Å². The summed E-state index contributed by atoms with van der Waals surface area (Å²) in [5.41, 5.74) is -0.819. The Morgan fingerprint density at radius 2 is 2.16 bits per heavy atom. The molecule has 8 heteroatoms. The topological polar surface area (TPSA) is 70.1 Å². The van der Waals surface area contributed by atoms with E-state index in [0.717, 1.165) is 5.69 Å². The molecular weight excluding hydrogens is 403 g/mol. The highest BCUT2D eigenvalue weighted by Gasteiger charge is 2.52. The van der Waals surface area contributed by atoms with Gasteiger partial charge < -0.3 is 23.8 Å². The van der Waals surface area contributed by atoms with Crippen LogP contribution in [0.5, 0.6) is 11.5 Å². The van der Waals surface area contributed by atoms with Gasteiger partial charge in [-0.3, -0.25) is 9.78 Å². The highest BCUT2D eigenvalue weighted by atomic mass is 19.1. The number of hydrogen-bond donors (Lipinski definition) is 0.